The molecule has 0 radical (unpaired) electrons. The lowest BCUT2D eigenvalue weighted by Crippen LogP contribution is -2.25. The lowest BCUT2D eigenvalue weighted by atomic mass is 10.1. The number of aliphatic hydroxyl groups is 1. The van der Waals surface area contributed by atoms with Gasteiger partial charge in [-0.15, -0.1) is 0 Å². The Morgan fingerprint density at radius 2 is 2.16 bits per heavy atom. The molecule has 3 heterocycles. The van der Waals surface area contributed by atoms with Crippen LogP contribution in [0.3, 0.4) is 0 Å². The van der Waals surface area contributed by atoms with E-state index in [1.165, 1.54) is 0 Å². The summed E-state index contributed by atoms with van der Waals surface area (Å²) in [5.74, 6) is 1.13. The molecule has 0 aliphatic carbocycles. The molecule has 1 aliphatic rings. The van der Waals surface area contributed by atoms with Gasteiger partial charge in [0.15, 0.2) is 0 Å². The molecule has 1 saturated heterocycles. The summed E-state index contributed by atoms with van der Waals surface area (Å²) in [6.45, 7) is 3.25. The molecule has 128 valence electrons. The molecule has 1 fully saturated rings. The number of hydrogen-bond donors (Lipinski definition) is 1. The average molecular weight is 336 g/mol. The van der Waals surface area contributed by atoms with E-state index in [-0.39, 0.29) is 6.04 Å². The van der Waals surface area contributed by atoms with Gasteiger partial charge in [0.25, 0.3) is 0 Å². The zero-order chi connectivity index (χ0) is 17.2. The quantitative estimate of drug-likeness (QED) is 0.789. The van der Waals surface area contributed by atoms with E-state index >= 15 is 0 Å². The normalized spacial score (nSPS) is 20.9. The molecule has 2 atom stereocenters. The summed E-state index contributed by atoms with van der Waals surface area (Å²) < 4.78 is 5.52. The first kappa shape index (κ1) is 15.9. The van der Waals surface area contributed by atoms with Crippen LogP contribution >= 0.6 is 0 Å². The number of likely N-dealkylation sites (tertiary alicyclic amines) is 1. The van der Waals surface area contributed by atoms with Crippen molar-refractivity contribution in [1.82, 2.24) is 20.0 Å². The highest BCUT2D eigenvalue weighted by molar-refractivity contribution is 5.55. The van der Waals surface area contributed by atoms with Gasteiger partial charge in [-0.05, 0) is 31.5 Å². The minimum Gasteiger partial charge on any atom is -0.392 e. The van der Waals surface area contributed by atoms with E-state index in [1.807, 2.05) is 49.4 Å². The highest BCUT2D eigenvalue weighted by Gasteiger charge is 2.36. The monoisotopic (exact) mass is 336 g/mol. The molecule has 0 amide bonds. The minimum absolute atomic E-state index is 0.0944. The predicted octanol–water partition coefficient (Wildman–Crippen LogP) is 2.75. The maximum Gasteiger partial charge on any atom is 0.244 e. The molecule has 1 aromatic carbocycles. The summed E-state index contributed by atoms with van der Waals surface area (Å²) in [7, 11) is 0. The molecule has 0 unspecified atom stereocenters. The highest BCUT2D eigenvalue weighted by atomic mass is 16.5. The van der Waals surface area contributed by atoms with Crippen molar-refractivity contribution in [2.75, 3.05) is 6.54 Å². The molecule has 6 nitrogen and oxygen atoms in total. The number of β-amino-alcohol motifs (C(OH)–C–C–N with tert-alkyl or cyclic N) is 1. The maximum absolute atomic E-state index is 10.1. The fourth-order valence-corrected chi connectivity index (χ4v) is 3.28. The number of rotatable bonds is 4. The number of nitrogens with zero attached hydrogens (tertiary/aromatic N) is 4. The molecule has 0 spiro atoms. The van der Waals surface area contributed by atoms with Crippen LogP contribution < -0.4 is 0 Å². The van der Waals surface area contributed by atoms with Crippen molar-refractivity contribution >= 4 is 0 Å². The van der Waals surface area contributed by atoms with Crippen molar-refractivity contribution < 1.29 is 9.63 Å². The lowest BCUT2D eigenvalue weighted by molar-refractivity contribution is 0.168. The predicted molar refractivity (Wildman–Crippen MR) is 92.5 cm³/mol. The van der Waals surface area contributed by atoms with Crippen molar-refractivity contribution in [2.45, 2.75) is 32.0 Å². The number of aromatic nitrogens is 3. The summed E-state index contributed by atoms with van der Waals surface area (Å²) >= 11 is 0. The molecule has 25 heavy (non-hydrogen) atoms. The first-order chi connectivity index (χ1) is 12.2. The smallest absolute Gasteiger partial charge is 0.244 e. The molecule has 1 aliphatic heterocycles. The SMILES string of the molecule is Cc1cccc(-c2noc([C@@H]3C[C@@H](O)CN3Cc3ccccn3)n2)c1. The van der Waals surface area contributed by atoms with Crippen molar-refractivity contribution in [3.05, 3.63) is 65.8 Å². The van der Waals surface area contributed by atoms with Gasteiger partial charge >= 0.3 is 0 Å². The Hall–Kier alpha value is -2.57. The van der Waals surface area contributed by atoms with Crippen LogP contribution in [0.15, 0.2) is 53.2 Å². The zero-order valence-electron chi connectivity index (χ0n) is 14.0. The second kappa shape index (κ2) is 6.74. The molecule has 0 saturated carbocycles. The standard InChI is InChI=1S/C19H20N4O2/c1-13-5-4-6-14(9-13)18-21-19(25-22-18)17-10-16(24)12-23(17)11-15-7-2-3-8-20-15/h2-9,16-17,24H,10-12H2,1H3/t16-,17+/m1/s1. The van der Waals surface area contributed by atoms with Crippen LogP contribution in [0.2, 0.25) is 0 Å². The van der Waals surface area contributed by atoms with Gasteiger partial charge in [-0.1, -0.05) is 35.0 Å². The maximum atomic E-state index is 10.1. The average Bonchev–Trinajstić information content (AvgIpc) is 3.22. The summed E-state index contributed by atoms with van der Waals surface area (Å²) in [6, 6.07) is 13.8. The molecule has 1 N–H and O–H groups in total. The van der Waals surface area contributed by atoms with E-state index in [4.69, 9.17) is 4.52 Å². The van der Waals surface area contributed by atoms with Gasteiger partial charge in [0.2, 0.25) is 11.7 Å². The van der Waals surface area contributed by atoms with Crippen LogP contribution in [0, 0.1) is 6.92 Å². The van der Waals surface area contributed by atoms with Gasteiger partial charge < -0.3 is 9.63 Å². The van der Waals surface area contributed by atoms with Gasteiger partial charge in [-0.25, -0.2) is 0 Å². The molecule has 3 aromatic rings. The Bertz CT molecular complexity index is 849. The van der Waals surface area contributed by atoms with Crippen LogP contribution in [-0.4, -0.2) is 37.8 Å². The van der Waals surface area contributed by atoms with Gasteiger partial charge in [-0.3, -0.25) is 9.88 Å². The third-order valence-electron chi connectivity index (χ3n) is 4.48. The molecular formula is C19H20N4O2. The fraction of sp³-hybridized carbons (Fsp3) is 0.316. The van der Waals surface area contributed by atoms with Crippen molar-refractivity contribution in [2.24, 2.45) is 0 Å². The number of aryl methyl sites for hydroxylation is 1. The second-order valence-electron chi connectivity index (χ2n) is 6.48. The molecule has 0 bridgehead atoms. The molecule has 6 heteroatoms. The summed E-state index contributed by atoms with van der Waals surface area (Å²) in [5, 5.41) is 14.2. The summed E-state index contributed by atoms with van der Waals surface area (Å²) in [4.78, 5) is 11.1. The summed E-state index contributed by atoms with van der Waals surface area (Å²) in [6.07, 6.45) is 1.96. The second-order valence-corrected chi connectivity index (χ2v) is 6.48. The largest absolute Gasteiger partial charge is 0.392 e. The third kappa shape index (κ3) is 3.45. The van der Waals surface area contributed by atoms with E-state index in [0.717, 1.165) is 16.8 Å². The van der Waals surface area contributed by atoms with Crippen LogP contribution in [0.25, 0.3) is 11.4 Å². The Morgan fingerprint density at radius 1 is 1.24 bits per heavy atom. The van der Waals surface area contributed by atoms with E-state index in [2.05, 4.69) is 20.0 Å². The van der Waals surface area contributed by atoms with Crippen LogP contribution in [0.1, 0.15) is 29.6 Å². The van der Waals surface area contributed by atoms with Gasteiger partial charge in [0.05, 0.1) is 17.8 Å². The van der Waals surface area contributed by atoms with E-state index in [1.54, 1.807) is 6.20 Å². The Labute approximate surface area is 146 Å². The van der Waals surface area contributed by atoms with Crippen LogP contribution in [0.5, 0.6) is 0 Å². The van der Waals surface area contributed by atoms with E-state index in [0.29, 0.717) is 31.2 Å². The topological polar surface area (TPSA) is 75.3 Å². The third-order valence-corrected chi connectivity index (χ3v) is 4.48. The number of benzene rings is 1. The molecule has 4 rings (SSSR count). The van der Waals surface area contributed by atoms with Crippen molar-refractivity contribution in [3.63, 3.8) is 0 Å². The molecular weight excluding hydrogens is 316 g/mol. The highest BCUT2D eigenvalue weighted by Crippen LogP contribution is 2.33. The van der Waals surface area contributed by atoms with Gasteiger partial charge in [0.1, 0.15) is 0 Å². The van der Waals surface area contributed by atoms with Crippen LogP contribution in [-0.2, 0) is 6.54 Å². The van der Waals surface area contributed by atoms with Crippen molar-refractivity contribution in [3.8, 4) is 11.4 Å². The Morgan fingerprint density at radius 3 is 2.96 bits per heavy atom. The van der Waals surface area contributed by atoms with Crippen molar-refractivity contribution in [1.29, 1.82) is 0 Å². The Balaban J connectivity index is 1.57. The van der Waals surface area contributed by atoms with Gasteiger partial charge in [0, 0.05) is 24.8 Å². The number of aliphatic hydroxyl groups excluding tert-OH is 1. The van der Waals surface area contributed by atoms with Gasteiger partial charge in [-0.2, -0.15) is 4.98 Å². The minimum atomic E-state index is -0.400. The lowest BCUT2D eigenvalue weighted by Gasteiger charge is -2.20. The first-order valence-corrected chi connectivity index (χ1v) is 8.42. The molecule has 2 aromatic heterocycles. The van der Waals surface area contributed by atoms with E-state index < -0.39 is 6.10 Å². The van der Waals surface area contributed by atoms with Crippen LogP contribution in [0.4, 0.5) is 0 Å². The summed E-state index contributed by atoms with van der Waals surface area (Å²) in [5.41, 5.74) is 3.04. The number of pyridine rings is 1. The number of hydrogen-bond acceptors (Lipinski definition) is 6. The zero-order valence-corrected chi connectivity index (χ0v) is 14.0. The van der Waals surface area contributed by atoms with E-state index in [9.17, 15) is 5.11 Å². The fourth-order valence-electron chi connectivity index (χ4n) is 3.28. The Kier molecular flexibility index (Phi) is 4.29. The first-order valence-electron chi connectivity index (χ1n) is 8.42.